The molecule has 3 rings (SSSR count). The highest BCUT2D eigenvalue weighted by Crippen LogP contribution is 2.24. The molecule has 0 saturated heterocycles. The molecule has 0 heterocycles. The number of benzene rings is 3. The van der Waals surface area contributed by atoms with Crippen molar-refractivity contribution >= 4 is 29.2 Å². The van der Waals surface area contributed by atoms with Crippen LogP contribution in [-0.2, 0) is 0 Å². The van der Waals surface area contributed by atoms with Crippen molar-refractivity contribution in [3.05, 3.63) is 93.5 Å². The molecule has 0 saturated carbocycles. The van der Waals surface area contributed by atoms with Crippen molar-refractivity contribution in [1.29, 1.82) is 0 Å². The van der Waals surface area contributed by atoms with E-state index >= 15 is 0 Å². The summed E-state index contributed by atoms with van der Waals surface area (Å²) in [5.41, 5.74) is -0.807. The van der Waals surface area contributed by atoms with Gasteiger partial charge in [-0.25, -0.2) is 0 Å². The minimum absolute atomic E-state index is 0.0582. The molecule has 0 fully saturated rings. The van der Waals surface area contributed by atoms with E-state index in [0.29, 0.717) is 11.5 Å². The molecule has 31 heavy (non-hydrogen) atoms. The molecule has 0 aliphatic rings. The van der Waals surface area contributed by atoms with Gasteiger partial charge in [-0.3, -0.25) is 14.9 Å². The number of ether oxygens (including phenoxy) is 1. The first kappa shape index (κ1) is 21.0. The molecule has 3 aromatic carbocycles. The van der Waals surface area contributed by atoms with E-state index < -0.39 is 33.9 Å². The van der Waals surface area contributed by atoms with Crippen LogP contribution < -0.4 is 20.3 Å². The van der Waals surface area contributed by atoms with Gasteiger partial charge in [0.05, 0.1) is 16.9 Å². The number of rotatable bonds is 7. The van der Waals surface area contributed by atoms with Crippen LogP contribution in [0, 0.1) is 10.1 Å². The predicted molar refractivity (Wildman–Crippen MR) is 103 cm³/mol. The van der Waals surface area contributed by atoms with Crippen LogP contribution in [-0.4, -0.2) is 22.8 Å². The molecule has 1 amide bonds. The Labute approximate surface area is 174 Å². The minimum Gasteiger partial charge on any atom is -0.545 e. The van der Waals surface area contributed by atoms with Crippen molar-refractivity contribution in [1.82, 2.24) is 0 Å². The predicted octanol–water partition coefficient (Wildman–Crippen LogP) is 1.37. The number of nitrogens with zero attached hydrogens (tertiary/aromatic N) is 1. The van der Waals surface area contributed by atoms with E-state index in [1.54, 1.807) is 0 Å². The molecule has 0 atom stereocenters. The molecule has 10 nitrogen and oxygen atoms in total. The van der Waals surface area contributed by atoms with Crippen LogP contribution in [0.3, 0.4) is 0 Å². The lowest BCUT2D eigenvalue weighted by atomic mass is 10.1. The number of carbonyl (C=O) groups is 3. The summed E-state index contributed by atoms with van der Waals surface area (Å²) in [7, 11) is 0. The lowest BCUT2D eigenvalue weighted by molar-refractivity contribution is -0.384. The van der Waals surface area contributed by atoms with Crippen molar-refractivity contribution in [3.63, 3.8) is 0 Å². The molecular weight excluding hydrogens is 408 g/mol. The second-order valence-corrected chi connectivity index (χ2v) is 6.21. The monoisotopic (exact) mass is 420 g/mol. The molecule has 3 aromatic rings. The topological polar surface area (TPSA) is 162 Å². The third-order valence-corrected chi connectivity index (χ3v) is 4.06. The number of nitrogens with one attached hydrogen (secondary N) is 1. The molecule has 0 unspecified atom stereocenters. The van der Waals surface area contributed by atoms with E-state index in [1.165, 1.54) is 48.5 Å². The molecule has 10 heteroatoms. The second-order valence-electron chi connectivity index (χ2n) is 6.21. The molecule has 0 radical (unpaired) electrons. The van der Waals surface area contributed by atoms with Gasteiger partial charge in [0.2, 0.25) is 0 Å². The average molecular weight is 420 g/mol. The van der Waals surface area contributed by atoms with E-state index in [-0.39, 0.29) is 16.9 Å². The number of nitro benzene ring substituents is 1. The second kappa shape index (κ2) is 8.74. The van der Waals surface area contributed by atoms with Gasteiger partial charge in [0, 0.05) is 23.4 Å². The van der Waals surface area contributed by atoms with Crippen LogP contribution in [0.15, 0.2) is 66.7 Å². The van der Waals surface area contributed by atoms with Gasteiger partial charge in [0.25, 0.3) is 11.6 Å². The number of carbonyl (C=O) groups excluding carboxylic acids is 3. The standard InChI is InChI=1S/C21H14N2O8/c24-19(22-15-10-13(20(25)26)9-14(11-15)21(27)28)12-1-5-17(6-2-12)31-18-7-3-16(4-8-18)23(29)30/h1-11H,(H,22,24)(H,25,26)(H,27,28)/p-2. The summed E-state index contributed by atoms with van der Waals surface area (Å²) in [6.07, 6.45) is 0. The first-order valence-corrected chi connectivity index (χ1v) is 8.64. The minimum atomic E-state index is -1.61. The third-order valence-electron chi connectivity index (χ3n) is 4.06. The van der Waals surface area contributed by atoms with Crippen molar-refractivity contribution in [2.24, 2.45) is 0 Å². The van der Waals surface area contributed by atoms with Gasteiger partial charge in [-0.15, -0.1) is 0 Å². The summed E-state index contributed by atoms with van der Waals surface area (Å²) in [4.78, 5) is 44.6. The Bertz CT molecular complexity index is 1140. The van der Waals surface area contributed by atoms with Crippen molar-refractivity contribution < 1.29 is 34.3 Å². The van der Waals surface area contributed by atoms with Gasteiger partial charge in [-0.1, -0.05) is 0 Å². The van der Waals surface area contributed by atoms with Crippen molar-refractivity contribution in [3.8, 4) is 11.5 Å². The fourth-order valence-corrected chi connectivity index (χ4v) is 2.59. The third kappa shape index (κ3) is 5.21. The van der Waals surface area contributed by atoms with Crippen LogP contribution in [0.5, 0.6) is 11.5 Å². The highest BCUT2D eigenvalue weighted by Gasteiger charge is 2.10. The van der Waals surface area contributed by atoms with Gasteiger partial charge < -0.3 is 29.9 Å². The van der Waals surface area contributed by atoms with E-state index in [9.17, 15) is 34.7 Å². The Kier molecular flexibility index (Phi) is 5.92. The zero-order valence-corrected chi connectivity index (χ0v) is 15.6. The van der Waals surface area contributed by atoms with Crippen LogP contribution in [0.25, 0.3) is 0 Å². The fourth-order valence-electron chi connectivity index (χ4n) is 2.59. The first-order valence-electron chi connectivity index (χ1n) is 8.64. The Balaban J connectivity index is 1.72. The summed E-state index contributed by atoms with van der Waals surface area (Å²) in [6, 6.07) is 14.3. The Morgan fingerprint density at radius 3 is 1.68 bits per heavy atom. The molecule has 1 N–H and O–H groups in total. The summed E-state index contributed by atoms with van der Waals surface area (Å²) >= 11 is 0. The van der Waals surface area contributed by atoms with E-state index in [0.717, 1.165) is 18.2 Å². The molecule has 0 aliphatic heterocycles. The number of anilines is 1. The highest BCUT2D eigenvalue weighted by molar-refractivity contribution is 6.05. The summed E-state index contributed by atoms with van der Waals surface area (Å²) < 4.78 is 5.55. The van der Waals surface area contributed by atoms with Gasteiger partial charge >= 0.3 is 0 Å². The Hall–Kier alpha value is -4.73. The smallest absolute Gasteiger partial charge is 0.269 e. The zero-order chi connectivity index (χ0) is 22.5. The maximum atomic E-state index is 12.4. The summed E-state index contributed by atoms with van der Waals surface area (Å²) in [6.45, 7) is 0. The number of hydrogen-bond donors (Lipinski definition) is 1. The fraction of sp³-hybridized carbons (Fsp3) is 0. The van der Waals surface area contributed by atoms with E-state index in [1.807, 2.05) is 0 Å². The summed E-state index contributed by atoms with van der Waals surface area (Å²) in [5.74, 6) is -3.11. The normalized spacial score (nSPS) is 10.2. The molecule has 0 spiro atoms. The molecular formula is C21H12N2O8-2. The molecule has 0 aromatic heterocycles. The number of aromatic carboxylic acids is 2. The largest absolute Gasteiger partial charge is 0.545 e. The van der Waals surface area contributed by atoms with Gasteiger partial charge in [0.1, 0.15) is 11.5 Å². The Morgan fingerprint density at radius 1 is 0.742 bits per heavy atom. The van der Waals surface area contributed by atoms with Crippen LogP contribution in [0.4, 0.5) is 11.4 Å². The van der Waals surface area contributed by atoms with Crippen LogP contribution >= 0.6 is 0 Å². The Morgan fingerprint density at radius 2 is 1.23 bits per heavy atom. The van der Waals surface area contributed by atoms with Gasteiger partial charge in [-0.05, 0) is 65.7 Å². The number of carboxylic acids is 2. The van der Waals surface area contributed by atoms with E-state index in [2.05, 4.69) is 5.32 Å². The number of carboxylic acid groups (broad SMARTS) is 2. The number of amides is 1. The first-order chi connectivity index (χ1) is 14.7. The lowest BCUT2D eigenvalue weighted by Crippen LogP contribution is -2.26. The maximum Gasteiger partial charge on any atom is 0.269 e. The number of hydrogen-bond acceptors (Lipinski definition) is 8. The maximum absolute atomic E-state index is 12.4. The van der Waals surface area contributed by atoms with E-state index in [4.69, 9.17) is 4.74 Å². The number of nitro groups is 1. The summed E-state index contributed by atoms with van der Waals surface area (Å²) in [5, 5.41) is 35.2. The van der Waals surface area contributed by atoms with Gasteiger partial charge in [0.15, 0.2) is 0 Å². The van der Waals surface area contributed by atoms with Crippen molar-refractivity contribution in [2.45, 2.75) is 0 Å². The zero-order valence-electron chi connectivity index (χ0n) is 15.6. The molecule has 0 aliphatic carbocycles. The van der Waals surface area contributed by atoms with Crippen molar-refractivity contribution in [2.75, 3.05) is 5.32 Å². The molecule has 0 bridgehead atoms. The number of non-ortho nitro benzene ring substituents is 1. The molecule has 156 valence electrons. The van der Waals surface area contributed by atoms with Crippen LogP contribution in [0.1, 0.15) is 31.1 Å². The highest BCUT2D eigenvalue weighted by atomic mass is 16.6. The SMILES string of the molecule is O=C([O-])c1cc(NC(=O)c2ccc(Oc3ccc([N+](=O)[O-])cc3)cc2)cc(C(=O)[O-])c1. The van der Waals surface area contributed by atoms with Crippen LogP contribution in [0.2, 0.25) is 0 Å². The lowest BCUT2D eigenvalue weighted by Gasteiger charge is -2.12. The van der Waals surface area contributed by atoms with Gasteiger partial charge in [-0.2, -0.15) is 0 Å². The quantitative estimate of drug-likeness (QED) is 0.442. The average Bonchev–Trinajstić information content (AvgIpc) is 2.74.